The third kappa shape index (κ3) is 4.69. The molecule has 0 bridgehead atoms. The van der Waals surface area contributed by atoms with Crippen LogP contribution in [0.15, 0.2) is 18.2 Å². The first-order valence-corrected chi connectivity index (χ1v) is 7.06. The van der Waals surface area contributed by atoms with Gasteiger partial charge in [0.1, 0.15) is 12.4 Å². The van der Waals surface area contributed by atoms with E-state index in [0.29, 0.717) is 6.61 Å². The number of aryl methyl sites for hydroxylation is 1. The molecule has 0 aliphatic heterocycles. The molecule has 0 saturated heterocycles. The SMILES string of the molecule is CCCC(C)Cc1ccc(OCCO)c(CC)c1. The van der Waals surface area contributed by atoms with E-state index in [9.17, 15) is 0 Å². The zero-order chi connectivity index (χ0) is 13.4. The van der Waals surface area contributed by atoms with Crippen LogP contribution >= 0.6 is 0 Å². The summed E-state index contributed by atoms with van der Waals surface area (Å²) in [5, 5.41) is 8.80. The Morgan fingerprint density at radius 2 is 2.06 bits per heavy atom. The molecule has 0 spiro atoms. The van der Waals surface area contributed by atoms with Crippen molar-refractivity contribution in [2.24, 2.45) is 5.92 Å². The van der Waals surface area contributed by atoms with Crippen LogP contribution in [0.25, 0.3) is 0 Å². The molecule has 0 aliphatic carbocycles. The third-order valence-electron chi connectivity index (χ3n) is 3.22. The lowest BCUT2D eigenvalue weighted by atomic mass is 9.95. The van der Waals surface area contributed by atoms with E-state index in [1.807, 2.05) is 6.07 Å². The summed E-state index contributed by atoms with van der Waals surface area (Å²) in [6.07, 6.45) is 4.64. The van der Waals surface area contributed by atoms with Crippen LogP contribution in [-0.4, -0.2) is 18.3 Å². The Morgan fingerprint density at radius 3 is 2.67 bits per heavy atom. The van der Waals surface area contributed by atoms with Crippen molar-refractivity contribution in [1.82, 2.24) is 0 Å². The van der Waals surface area contributed by atoms with Crippen molar-refractivity contribution in [3.8, 4) is 5.75 Å². The molecule has 102 valence electrons. The fourth-order valence-corrected chi connectivity index (χ4v) is 2.33. The van der Waals surface area contributed by atoms with Crippen LogP contribution in [0.3, 0.4) is 0 Å². The van der Waals surface area contributed by atoms with Crippen molar-refractivity contribution >= 4 is 0 Å². The molecule has 2 nitrogen and oxygen atoms in total. The Kier molecular flexibility index (Phi) is 6.81. The molecule has 0 saturated carbocycles. The largest absolute Gasteiger partial charge is 0.491 e. The summed E-state index contributed by atoms with van der Waals surface area (Å²) in [5.41, 5.74) is 2.63. The van der Waals surface area contributed by atoms with Gasteiger partial charge in [-0.15, -0.1) is 0 Å². The topological polar surface area (TPSA) is 29.5 Å². The van der Waals surface area contributed by atoms with E-state index in [1.165, 1.54) is 24.0 Å². The second kappa shape index (κ2) is 8.15. The number of hydrogen-bond acceptors (Lipinski definition) is 2. The summed E-state index contributed by atoms with van der Waals surface area (Å²) in [6.45, 7) is 7.13. The zero-order valence-electron chi connectivity index (χ0n) is 11.9. The molecule has 1 rings (SSSR count). The van der Waals surface area contributed by atoms with E-state index >= 15 is 0 Å². The average Bonchev–Trinajstić information content (AvgIpc) is 2.37. The van der Waals surface area contributed by atoms with Gasteiger partial charge in [0.15, 0.2) is 0 Å². The number of aliphatic hydroxyl groups excluding tert-OH is 1. The summed E-state index contributed by atoms with van der Waals surface area (Å²) in [5.74, 6) is 1.65. The summed E-state index contributed by atoms with van der Waals surface area (Å²) in [6, 6.07) is 6.44. The Labute approximate surface area is 111 Å². The molecule has 1 aromatic carbocycles. The lowest BCUT2D eigenvalue weighted by Crippen LogP contribution is -2.05. The van der Waals surface area contributed by atoms with Gasteiger partial charge >= 0.3 is 0 Å². The van der Waals surface area contributed by atoms with Crippen molar-refractivity contribution in [2.45, 2.75) is 46.5 Å². The highest BCUT2D eigenvalue weighted by Gasteiger charge is 2.07. The maximum Gasteiger partial charge on any atom is 0.122 e. The highest BCUT2D eigenvalue weighted by atomic mass is 16.5. The lowest BCUT2D eigenvalue weighted by Gasteiger charge is -2.14. The van der Waals surface area contributed by atoms with E-state index < -0.39 is 0 Å². The first-order valence-electron chi connectivity index (χ1n) is 7.06. The van der Waals surface area contributed by atoms with E-state index in [-0.39, 0.29) is 6.61 Å². The van der Waals surface area contributed by atoms with Gasteiger partial charge in [-0.05, 0) is 36.0 Å². The van der Waals surface area contributed by atoms with Crippen molar-refractivity contribution < 1.29 is 9.84 Å². The second-order valence-corrected chi connectivity index (χ2v) is 4.97. The molecule has 2 heteroatoms. The van der Waals surface area contributed by atoms with Crippen LogP contribution in [0.5, 0.6) is 5.75 Å². The molecule has 0 amide bonds. The van der Waals surface area contributed by atoms with E-state index in [1.54, 1.807) is 0 Å². The van der Waals surface area contributed by atoms with Gasteiger partial charge in [-0.2, -0.15) is 0 Å². The highest BCUT2D eigenvalue weighted by Crippen LogP contribution is 2.23. The summed E-state index contributed by atoms with van der Waals surface area (Å²) < 4.78 is 5.53. The van der Waals surface area contributed by atoms with Crippen molar-refractivity contribution in [1.29, 1.82) is 0 Å². The van der Waals surface area contributed by atoms with Gasteiger partial charge in [-0.1, -0.05) is 45.7 Å². The molecular weight excluding hydrogens is 224 g/mol. The molecule has 0 aliphatic rings. The van der Waals surface area contributed by atoms with Gasteiger partial charge in [-0.25, -0.2) is 0 Å². The van der Waals surface area contributed by atoms with E-state index in [4.69, 9.17) is 9.84 Å². The minimum absolute atomic E-state index is 0.0679. The number of hydrogen-bond donors (Lipinski definition) is 1. The minimum Gasteiger partial charge on any atom is -0.491 e. The predicted molar refractivity (Wildman–Crippen MR) is 76.2 cm³/mol. The van der Waals surface area contributed by atoms with Gasteiger partial charge in [0.2, 0.25) is 0 Å². The Balaban J connectivity index is 2.71. The lowest BCUT2D eigenvalue weighted by molar-refractivity contribution is 0.200. The minimum atomic E-state index is 0.0679. The number of ether oxygens (including phenoxy) is 1. The molecule has 0 aromatic heterocycles. The Morgan fingerprint density at radius 1 is 1.28 bits per heavy atom. The predicted octanol–water partition coefficient (Wildman–Crippen LogP) is 3.60. The number of aliphatic hydroxyl groups is 1. The summed E-state index contributed by atoms with van der Waals surface area (Å²) in [7, 11) is 0. The van der Waals surface area contributed by atoms with Gasteiger partial charge < -0.3 is 9.84 Å². The molecule has 1 unspecified atom stereocenters. The smallest absolute Gasteiger partial charge is 0.122 e. The molecular formula is C16H26O2. The zero-order valence-corrected chi connectivity index (χ0v) is 11.9. The van der Waals surface area contributed by atoms with Crippen LogP contribution in [0.2, 0.25) is 0 Å². The first-order chi connectivity index (χ1) is 8.71. The first kappa shape index (κ1) is 15.0. The van der Waals surface area contributed by atoms with Gasteiger partial charge in [0, 0.05) is 0 Å². The highest BCUT2D eigenvalue weighted by molar-refractivity contribution is 5.37. The van der Waals surface area contributed by atoms with Crippen LogP contribution in [0.1, 0.15) is 44.7 Å². The third-order valence-corrected chi connectivity index (χ3v) is 3.22. The van der Waals surface area contributed by atoms with Gasteiger partial charge in [-0.3, -0.25) is 0 Å². The fraction of sp³-hybridized carbons (Fsp3) is 0.625. The van der Waals surface area contributed by atoms with Crippen molar-refractivity contribution in [3.05, 3.63) is 29.3 Å². The number of benzene rings is 1. The van der Waals surface area contributed by atoms with Gasteiger partial charge in [0.25, 0.3) is 0 Å². The summed E-state index contributed by atoms with van der Waals surface area (Å²) in [4.78, 5) is 0. The standard InChI is InChI=1S/C16H26O2/c1-4-6-13(3)11-14-7-8-16(18-10-9-17)15(5-2)12-14/h7-8,12-13,17H,4-6,9-11H2,1-3H3. The monoisotopic (exact) mass is 250 g/mol. The van der Waals surface area contributed by atoms with Crippen molar-refractivity contribution in [3.63, 3.8) is 0 Å². The summed E-state index contributed by atoms with van der Waals surface area (Å²) >= 11 is 0. The maximum absolute atomic E-state index is 8.80. The van der Waals surface area contributed by atoms with E-state index in [2.05, 4.69) is 32.9 Å². The average molecular weight is 250 g/mol. The Bertz CT molecular complexity index is 347. The quantitative estimate of drug-likeness (QED) is 0.764. The second-order valence-electron chi connectivity index (χ2n) is 4.97. The van der Waals surface area contributed by atoms with Crippen LogP contribution < -0.4 is 4.74 Å². The maximum atomic E-state index is 8.80. The molecule has 1 aromatic rings. The van der Waals surface area contributed by atoms with Crippen LogP contribution in [0.4, 0.5) is 0 Å². The van der Waals surface area contributed by atoms with Crippen molar-refractivity contribution in [2.75, 3.05) is 13.2 Å². The molecule has 18 heavy (non-hydrogen) atoms. The fourth-order valence-electron chi connectivity index (χ4n) is 2.33. The molecule has 1 atom stereocenters. The van der Waals surface area contributed by atoms with Crippen LogP contribution in [0, 0.1) is 5.92 Å². The molecule has 0 heterocycles. The number of rotatable bonds is 8. The molecule has 1 N–H and O–H groups in total. The Hall–Kier alpha value is -1.02. The normalized spacial score (nSPS) is 12.4. The molecule has 0 fully saturated rings. The van der Waals surface area contributed by atoms with Gasteiger partial charge in [0.05, 0.1) is 6.61 Å². The molecule has 0 radical (unpaired) electrons. The van der Waals surface area contributed by atoms with E-state index in [0.717, 1.165) is 24.5 Å². The van der Waals surface area contributed by atoms with Crippen LogP contribution in [-0.2, 0) is 12.8 Å².